The van der Waals surface area contributed by atoms with Gasteiger partial charge in [0, 0.05) is 18.7 Å². The lowest BCUT2D eigenvalue weighted by atomic mass is 10.1. The van der Waals surface area contributed by atoms with Crippen molar-refractivity contribution in [1.29, 1.82) is 0 Å². The van der Waals surface area contributed by atoms with Crippen molar-refractivity contribution in [3.63, 3.8) is 0 Å². The van der Waals surface area contributed by atoms with Gasteiger partial charge in [0.1, 0.15) is 24.7 Å². The largest absolute Gasteiger partial charge is 0.491 e. The molecule has 0 atom stereocenters. The van der Waals surface area contributed by atoms with Crippen molar-refractivity contribution in [2.45, 2.75) is 13.8 Å². The molecule has 4 N–H and O–H groups in total. The molecule has 0 aliphatic carbocycles. The van der Waals surface area contributed by atoms with Crippen LogP contribution < -0.4 is 20.9 Å². The molecule has 8 heteroatoms. The Morgan fingerprint density at radius 3 is 1.32 bits per heavy atom. The fraction of sp³-hybridized carbons (Fsp3) is 0.700. The first-order chi connectivity index (χ1) is 13.7. The van der Waals surface area contributed by atoms with Crippen LogP contribution in [-0.2, 0) is 18.9 Å². The van der Waals surface area contributed by atoms with Crippen molar-refractivity contribution in [1.82, 2.24) is 0 Å². The molecule has 0 unspecified atom stereocenters. The van der Waals surface area contributed by atoms with Gasteiger partial charge < -0.3 is 39.9 Å². The van der Waals surface area contributed by atoms with Crippen LogP contribution in [0.2, 0.25) is 0 Å². The van der Waals surface area contributed by atoms with E-state index in [2.05, 4.69) is 0 Å². The number of hydrogen-bond acceptors (Lipinski definition) is 8. The molecule has 0 aromatic heterocycles. The van der Waals surface area contributed by atoms with Gasteiger partial charge in [-0.1, -0.05) is 0 Å². The van der Waals surface area contributed by atoms with Crippen molar-refractivity contribution in [3.05, 3.63) is 23.3 Å². The van der Waals surface area contributed by atoms with E-state index in [-0.39, 0.29) is 0 Å². The predicted molar refractivity (Wildman–Crippen MR) is 108 cm³/mol. The van der Waals surface area contributed by atoms with Gasteiger partial charge in [0.05, 0.1) is 52.9 Å². The Bertz CT molecular complexity index is 474. The van der Waals surface area contributed by atoms with E-state index in [1.54, 1.807) is 0 Å². The summed E-state index contributed by atoms with van der Waals surface area (Å²) in [6, 6.07) is 4.00. The molecule has 0 aliphatic heterocycles. The highest BCUT2D eigenvalue weighted by Gasteiger charge is 2.08. The van der Waals surface area contributed by atoms with Crippen LogP contribution in [0.1, 0.15) is 11.1 Å². The minimum atomic E-state index is 0.465. The first kappa shape index (κ1) is 24.6. The molecule has 1 aromatic rings. The first-order valence-corrected chi connectivity index (χ1v) is 9.77. The highest BCUT2D eigenvalue weighted by molar-refractivity contribution is 5.46. The Hall–Kier alpha value is -1.42. The maximum absolute atomic E-state index is 5.84. The van der Waals surface area contributed by atoms with Gasteiger partial charge in [-0.2, -0.15) is 0 Å². The van der Waals surface area contributed by atoms with Gasteiger partial charge in [0.25, 0.3) is 0 Å². The van der Waals surface area contributed by atoms with Crippen LogP contribution in [0.5, 0.6) is 11.5 Å². The molecule has 0 radical (unpaired) electrons. The molecule has 0 heterocycles. The Morgan fingerprint density at radius 1 is 0.571 bits per heavy atom. The number of aryl methyl sites for hydroxylation is 1. The second-order valence-corrected chi connectivity index (χ2v) is 6.11. The van der Waals surface area contributed by atoms with Crippen LogP contribution in [0, 0.1) is 13.8 Å². The van der Waals surface area contributed by atoms with E-state index in [1.165, 1.54) is 0 Å². The second kappa shape index (κ2) is 16.5. The number of ether oxygens (including phenoxy) is 6. The third-order valence-corrected chi connectivity index (χ3v) is 3.70. The van der Waals surface area contributed by atoms with Gasteiger partial charge >= 0.3 is 0 Å². The van der Waals surface area contributed by atoms with Gasteiger partial charge in [0.2, 0.25) is 0 Å². The minimum Gasteiger partial charge on any atom is -0.491 e. The van der Waals surface area contributed by atoms with Gasteiger partial charge in [-0.3, -0.25) is 0 Å². The van der Waals surface area contributed by atoms with Crippen LogP contribution in [0.4, 0.5) is 0 Å². The molecule has 0 bridgehead atoms. The fourth-order valence-corrected chi connectivity index (χ4v) is 2.32. The Morgan fingerprint density at radius 2 is 0.929 bits per heavy atom. The van der Waals surface area contributed by atoms with E-state index in [1.807, 2.05) is 26.0 Å². The SMILES string of the molecule is Cc1cc(OCCOCCOCCN)c(C)c(OCCOCCOCCN)c1. The van der Waals surface area contributed by atoms with Crippen LogP contribution in [0.3, 0.4) is 0 Å². The molecule has 8 nitrogen and oxygen atoms in total. The first-order valence-electron chi connectivity index (χ1n) is 9.77. The average molecular weight is 401 g/mol. The molecule has 162 valence electrons. The minimum absolute atomic E-state index is 0.465. The summed E-state index contributed by atoms with van der Waals surface area (Å²) in [5.74, 6) is 1.60. The predicted octanol–water partition coefficient (Wildman–Crippen LogP) is 1.04. The summed E-state index contributed by atoms with van der Waals surface area (Å²) in [6.45, 7) is 10.2. The monoisotopic (exact) mass is 400 g/mol. The van der Waals surface area contributed by atoms with Crippen LogP contribution in [0.15, 0.2) is 12.1 Å². The summed E-state index contributed by atoms with van der Waals surface area (Å²) >= 11 is 0. The van der Waals surface area contributed by atoms with E-state index in [4.69, 9.17) is 39.9 Å². The third-order valence-electron chi connectivity index (χ3n) is 3.70. The lowest BCUT2D eigenvalue weighted by Crippen LogP contribution is -2.15. The zero-order valence-corrected chi connectivity index (χ0v) is 17.2. The normalized spacial score (nSPS) is 11.0. The van der Waals surface area contributed by atoms with E-state index in [9.17, 15) is 0 Å². The zero-order valence-electron chi connectivity index (χ0n) is 17.2. The smallest absolute Gasteiger partial charge is 0.126 e. The van der Waals surface area contributed by atoms with Gasteiger partial charge in [-0.25, -0.2) is 0 Å². The maximum atomic E-state index is 5.84. The Balaban J connectivity index is 2.26. The lowest BCUT2D eigenvalue weighted by Gasteiger charge is -2.15. The van der Waals surface area contributed by atoms with E-state index < -0.39 is 0 Å². The maximum Gasteiger partial charge on any atom is 0.126 e. The molecular weight excluding hydrogens is 364 g/mol. The molecular formula is C20H36N2O6. The third kappa shape index (κ3) is 11.4. The highest BCUT2D eigenvalue weighted by Crippen LogP contribution is 2.29. The Kier molecular flexibility index (Phi) is 14.5. The number of nitrogens with two attached hydrogens (primary N) is 2. The van der Waals surface area contributed by atoms with Gasteiger partial charge in [-0.15, -0.1) is 0 Å². The summed E-state index contributed by atoms with van der Waals surface area (Å²) in [4.78, 5) is 0. The summed E-state index contributed by atoms with van der Waals surface area (Å²) in [5, 5.41) is 0. The molecule has 0 spiro atoms. The molecule has 0 saturated carbocycles. The van der Waals surface area contributed by atoms with Crippen molar-refractivity contribution in [3.8, 4) is 11.5 Å². The van der Waals surface area contributed by atoms with E-state index >= 15 is 0 Å². The summed E-state index contributed by atoms with van der Waals surface area (Å²) in [5.41, 5.74) is 12.7. The molecule has 1 rings (SSSR count). The summed E-state index contributed by atoms with van der Waals surface area (Å²) < 4.78 is 33.1. The lowest BCUT2D eigenvalue weighted by molar-refractivity contribution is 0.0377. The van der Waals surface area contributed by atoms with Gasteiger partial charge in [0.15, 0.2) is 0 Å². The number of hydrogen-bond donors (Lipinski definition) is 2. The van der Waals surface area contributed by atoms with E-state index in [0.29, 0.717) is 79.2 Å². The molecule has 28 heavy (non-hydrogen) atoms. The standard InChI is InChI=1S/C20H36N2O6/c1-17-15-19(27-13-11-25-9-7-23-5-3-21)18(2)20(16-17)28-14-12-26-10-8-24-6-4-22/h15-16H,3-14,21-22H2,1-2H3. The molecule has 0 fully saturated rings. The van der Waals surface area contributed by atoms with Crippen LogP contribution in [-0.4, -0.2) is 79.2 Å². The fourth-order valence-electron chi connectivity index (χ4n) is 2.32. The van der Waals surface area contributed by atoms with Crippen molar-refractivity contribution < 1.29 is 28.4 Å². The van der Waals surface area contributed by atoms with Crippen LogP contribution in [0.25, 0.3) is 0 Å². The van der Waals surface area contributed by atoms with Crippen molar-refractivity contribution in [2.24, 2.45) is 11.5 Å². The number of benzene rings is 1. The zero-order chi connectivity index (χ0) is 20.5. The van der Waals surface area contributed by atoms with Crippen molar-refractivity contribution >= 4 is 0 Å². The van der Waals surface area contributed by atoms with Gasteiger partial charge in [-0.05, 0) is 31.5 Å². The topological polar surface area (TPSA) is 107 Å². The Labute approximate surface area is 168 Å². The molecule has 1 aromatic carbocycles. The highest BCUT2D eigenvalue weighted by atomic mass is 16.6. The molecule has 0 amide bonds. The quantitative estimate of drug-likeness (QED) is 0.352. The summed E-state index contributed by atoms with van der Waals surface area (Å²) in [6.07, 6.45) is 0. The van der Waals surface area contributed by atoms with Crippen LogP contribution >= 0.6 is 0 Å². The average Bonchev–Trinajstić information content (AvgIpc) is 2.69. The van der Waals surface area contributed by atoms with E-state index in [0.717, 1.165) is 22.6 Å². The molecule has 0 aliphatic rings. The van der Waals surface area contributed by atoms with Crippen molar-refractivity contribution in [2.75, 3.05) is 79.2 Å². The number of rotatable bonds is 18. The summed E-state index contributed by atoms with van der Waals surface area (Å²) in [7, 11) is 0. The second-order valence-electron chi connectivity index (χ2n) is 6.11. The molecule has 0 saturated heterocycles.